The Balaban J connectivity index is 0.860. The van der Waals surface area contributed by atoms with Crippen molar-refractivity contribution in [1.82, 2.24) is 40.0 Å². The number of imide groups is 1. The molecule has 13 nitrogen and oxygen atoms in total. The van der Waals surface area contributed by atoms with E-state index in [0.29, 0.717) is 43.9 Å². The van der Waals surface area contributed by atoms with E-state index in [1.165, 1.54) is 0 Å². The highest BCUT2D eigenvalue weighted by Crippen LogP contribution is 2.50. The van der Waals surface area contributed by atoms with Crippen molar-refractivity contribution in [1.29, 1.82) is 0 Å². The summed E-state index contributed by atoms with van der Waals surface area (Å²) in [5, 5.41) is 7.37. The summed E-state index contributed by atoms with van der Waals surface area (Å²) in [6.45, 7) is 6.45. The summed E-state index contributed by atoms with van der Waals surface area (Å²) in [6.07, 6.45) is 5.75. The Morgan fingerprint density at radius 2 is 1.80 bits per heavy atom. The van der Waals surface area contributed by atoms with Gasteiger partial charge in [0.25, 0.3) is 11.8 Å². The van der Waals surface area contributed by atoms with Crippen molar-refractivity contribution in [2.24, 2.45) is 5.92 Å². The summed E-state index contributed by atoms with van der Waals surface area (Å²) < 4.78 is 2.25. The maximum Gasteiger partial charge on any atom is 0.269 e. The Labute approximate surface area is 317 Å². The Morgan fingerprint density at radius 3 is 2.58 bits per heavy atom. The zero-order chi connectivity index (χ0) is 38.0. The highest BCUT2D eigenvalue weighted by atomic mass is 16.2. The first-order chi connectivity index (χ1) is 26.7. The lowest BCUT2D eigenvalue weighted by atomic mass is 9.98. The lowest BCUT2D eigenvalue weighted by Crippen LogP contribution is -2.52. The van der Waals surface area contributed by atoms with E-state index in [4.69, 9.17) is 9.97 Å². The molecule has 4 aliphatic rings. The number of piperidine rings is 1. The van der Waals surface area contributed by atoms with E-state index in [2.05, 4.69) is 33.2 Å². The van der Waals surface area contributed by atoms with Gasteiger partial charge < -0.3 is 19.7 Å². The molecule has 3 aliphatic heterocycles. The van der Waals surface area contributed by atoms with Crippen molar-refractivity contribution in [2.45, 2.75) is 71.1 Å². The molecule has 3 atom stereocenters. The van der Waals surface area contributed by atoms with Gasteiger partial charge in [-0.1, -0.05) is 37.3 Å². The Bertz CT molecular complexity index is 2440. The third-order valence-corrected chi connectivity index (χ3v) is 11.6. The van der Waals surface area contributed by atoms with E-state index in [9.17, 15) is 24.0 Å². The van der Waals surface area contributed by atoms with Crippen LogP contribution in [0, 0.1) is 5.92 Å². The van der Waals surface area contributed by atoms with Gasteiger partial charge in [0.15, 0.2) is 0 Å². The number of carbonyl (C=O) groups excluding carboxylic acids is 5. The summed E-state index contributed by atoms with van der Waals surface area (Å²) in [5.74, 6) is 0.312. The largest absolute Gasteiger partial charge is 0.350 e. The minimum atomic E-state index is -0.655. The van der Waals surface area contributed by atoms with Crippen molar-refractivity contribution in [3.8, 4) is 22.5 Å². The predicted molar refractivity (Wildman–Crippen MR) is 202 cm³/mol. The van der Waals surface area contributed by atoms with Crippen LogP contribution in [0.5, 0.6) is 0 Å². The van der Waals surface area contributed by atoms with Crippen molar-refractivity contribution in [3.05, 3.63) is 101 Å². The van der Waals surface area contributed by atoms with Crippen LogP contribution in [-0.4, -0.2) is 78.0 Å². The number of hydrogen-bond acceptors (Lipinski definition) is 8. The van der Waals surface area contributed by atoms with E-state index in [1.807, 2.05) is 47.5 Å². The molecule has 0 spiro atoms. The smallest absolute Gasteiger partial charge is 0.269 e. The number of aryl methyl sites for hydroxylation is 1. The number of amides is 5. The third kappa shape index (κ3) is 6.13. The second-order valence-electron chi connectivity index (χ2n) is 14.9. The summed E-state index contributed by atoms with van der Waals surface area (Å²) in [5.41, 5.74) is 7.35. The minimum absolute atomic E-state index is 0.0580. The Hall–Kier alpha value is -6.24. The molecule has 0 bridgehead atoms. The average Bonchev–Trinajstić information content (AvgIpc) is 3.77. The van der Waals surface area contributed by atoms with Crippen molar-refractivity contribution in [2.75, 3.05) is 13.1 Å². The number of nitrogens with one attached hydrogen (secondary N) is 2. The lowest BCUT2D eigenvalue weighted by Gasteiger charge is -2.29. The van der Waals surface area contributed by atoms with Gasteiger partial charge in [0.2, 0.25) is 17.7 Å². The van der Waals surface area contributed by atoms with Gasteiger partial charge in [0.1, 0.15) is 17.6 Å². The number of pyridine rings is 2. The molecule has 6 heterocycles. The van der Waals surface area contributed by atoms with Crippen LogP contribution in [0.25, 0.3) is 33.3 Å². The van der Waals surface area contributed by atoms with Crippen molar-refractivity contribution in [3.63, 3.8) is 0 Å². The average molecular weight is 737 g/mol. The first kappa shape index (κ1) is 34.5. The second kappa shape index (κ2) is 13.6. The van der Waals surface area contributed by atoms with Crippen LogP contribution in [0.2, 0.25) is 0 Å². The SMILES string of the molecule is CCc1nc(-c2cccc3cc(-c4ccc(C(=O)NC[C@@H]5C[C@H]5c5cccc6c5CN(C5CCC(=O)NC5=O)C6=O)nc4)ncc23)c2n1CCN(C(C)=O)C2. The molecule has 55 heavy (non-hydrogen) atoms. The highest BCUT2D eigenvalue weighted by molar-refractivity contribution is 6.05. The zero-order valence-electron chi connectivity index (χ0n) is 30.7. The van der Waals surface area contributed by atoms with Gasteiger partial charge in [0, 0.05) is 80.4 Å². The molecular weight excluding hydrogens is 697 g/mol. The lowest BCUT2D eigenvalue weighted by molar-refractivity contribution is -0.137. The molecule has 2 fully saturated rings. The quantitative estimate of drug-likeness (QED) is 0.222. The molecule has 3 aromatic heterocycles. The maximum atomic E-state index is 13.3. The van der Waals surface area contributed by atoms with Crippen LogP contribution < -0.4 is 10.6 Å². The summed E-state index contributed by atoms with van der Waals surface area (Å²) in [7, 11) is 0. The van der Waals surface area contributed by atoms with E-state index in [1.54, 1.807) is 30.2 Å². The molecule has 5 aromatic rings. The van der Waals surface area contributed by atoms with Gasteiger partial charge in [-0.25, -0.2) is 4.98 Å². The fourth-order valence-electron chi connectivity index (χ4n) is 8.54. The fraction of sp³-hybridized carbons (Fsp3) is 0.333. The molecule has 2 N–H and O–H groups in total. The van der Waals surface area contributed by atoms with Crippen LogP contribution >= 0.6 is 0 Å². The molecule has 278 valence electrons. The molecular formula is C42H40N8O5. The number of imidazole rings is 1. The van der Waals surface area contributed by atoms with Gasteiger partial charge in [-0.2, -0.15) is 0 Å². The second-order valence-corrected chi connectivity index (χ2v) is 14.9. The summed E-state index contributed by atoms with van der Waals surface area (Å²) in [4.78, 5) is 80.6. The molecule has 2 aromatic carbocycles. The van der Waals surface area contributed by atoms with Crippen molar-refractivity contribution >= 4 is 40.3 Å². The van der Waals surface area contributed by atoms with E-state index in [0.717, 1.165) is 75.3 Å². The van der Waals surface area contributed by atoms with Crippen LogP contribution in [0.15, 0.2) is 67.0 Å². The fourth-order valence-corrected chi connectivity index (χ4v) is 8.54. The topological polar surface area (TPSA) is 159 Å². The van der Waals surface area contributed by atoms with Crippen LogP contribution in [0.4, 0.5) is 0 Å². The van der Waals surface area contributed by atoms with Crippen LogP contribution in [0.1, 0.15) is 82.5 Å². The normalized spacial score (nSPS) is 20.3. The number of aromatic nitrogens is 4. The summed E-state index contributed by atoms with van der Waals surface area (Å²) in [6, 6.07) is 16.8. The van der Waals surface area contributed by atoms with E-state index >= 15 is 0 Å². The molecule has 0 radical (unpaired) electrons. The zero-order valence-corrected chi connectivity index (χ0v) is 30.7. The molecule has 9 rings (SSSR count). The predicted octanol–water partition coefficient (Wildman–Crippen LogP) is 4.38. The highest BCUT2D eigenvalue weighted by Gasteiger charge is 2.44. The summed E-state index contributed by atoms with van der Waals surface area (Å²) >= 11 is 0. The minimum Gasteiger partial charge on any atom is -0.350 e. The number of nitrogens with zero attached hydrogens (tertiary/aromatic N) is 6. The van der Waals surface area contributed by atoms with E-state index < -0.39 is 11.9 Å². The Morgan fingerprint density at radius 1 is 0.964 bits per heavy atom. The van der Waals surface area contributed by atoms with Gasteiger partial charge in [-0.05, 0) is 65.5 Å². The van der Waals surface area contributed by atoms with Gasteiger partial charge in [0.05, 0.1) is 23.6 Å². The van der Waals surface area contributed by atoms with Crippen LogP contribution in [0.3, 0.4) is 0 Å². The van der Waals surface area contributed by atoms with Gasteiger partial charge >= 0.3 is 0 Å². The maximum absolute atomic E-state index is 13.3. The third-order valence-electron chi connectivity index (χ3n) is 11.6. The number of benzene rings is 2. The first-order valence-electron chi connectivity index (χ1n) is 18.9. The van der Waals surface area contributed by atoms with Crippen molar-refractivity contribution < 1.29 is 24.0 Å². The number of rotatable bonds is 8. The van der Waals surface area contributed by atoms with Crippen LogP contribution in [-0.2, 0) is 40.4 Å². The van der Waals surface area contributed by atoms with Gasteiger partial charge in [-0.3, -0.25) is 39.3 Å². The van der Waals surface area contributed by atoms with E-state index in [-0.39, 0.29) is 41.9 Å². The monoisotopic (exact) mass is 736 g/mol. The standard InChI is InChI=1S/C42H40N8O5/c1-3-37-46-39(36-22-48(23(2)51)14-15-49(36)37)28-8-4-6-24-17-34(44-20-31(24)28)25-10-11-33(43-18-25)40(53)45-19-26-16-30(26)27-7-5-9-29-32(27)21-50(42(29)55)35-12-13-38(52)47-41(35)54/h4-11,17-18,20,26,30,35H,3,12-16,19,21-22H2,1-2H3,(H,45,53)(H,47,52,54)/t26-,30+,35?/m0/s1. The number of hydrogen-bond donors (Lipinski definition) is 2. The number of fused-ring (bicyclic) bond motifs is 3. The molecule has 1 aliphatic carbocycles. The Kier molecular flexibility index (Phi) is 8.51. The molecule has 1 unspecified atom stereocenters. The number of carbonyl (C=O) groups is 5. The van der Waals surface area contributed by atoms with Gasteiger partial charge in [-0.15, -0.1) is 0 Å². The molecule has 1 saturated heterocycles. The molecule has 13 heteroatoms. The first-order valence-corrected chi connectivity index (χ1v) is 18.9. The molecule has 1 saturated carbocycles. The molecule has 5 amide bonds.